The van der Waals surface area contributed by atoms with Crippen LogP contribution in [0, 0.1) is 54.4 Å². The quantitative estimate of drug-likeness (QED) is 0.184. The number of carbonyl (C=O) groups excluding carboxylic acids is 3. The molecule has 7 heteroatoms. The largest absolute Gasteiger partial charge is 3.00 e. The third-order valence-electron chi connectivity index (χ3n) is 7.02. The van der Waals surface area contributed by atoms with Crippen LogP contribution >= 0.6 is 0 Å². The van der Waals surface area contributed by atoms with Crippen molar-refractivity contribution in [3.8, 4) is 0 Å². The third kappa shape index (κ3) is 24.5. The van der Waals surface area contributed by atoms with Gasteiger partial charge < -0.3 is 29.7 Å². The average molecular weight is 676 g/mol. The maximum Gasteiger partial charge on any atom is 3.00 e. The molecule has 0 fully saturated rings. The summed E-state index contributed by atoms with van der Waals surface area (Å²) in [6, 6.07) is 0. The number of rotatable bonds is 18. The number of carbonyl (C=O) groups is 3. The van der Waals surface area contributed by atoms with E-state index in [1.165, 1.54) is 25.7 Å². The minimum Gasteiger partial charge on any atom is -0.550 e. The minimum atomic E-state index is -0.931. The van der Waals surface area contributed by atoms with Crippen LogP contribution in [0.1, 0.15) is 159 Å². The summed E-state index contributed by atoms with van der Waals surface area (Å²) >= 11 is 0. The first-order chi connectivity index (χ1) is 16.6. The average Bonchev–Trinajstić information content (AvgIpc) is 2.80. The second kappa shape index (κ2) is 24.7. The summed E-state index contributed by atoms with van der Waals surface area (Å²) in [5.41, 5.74) is -1.89. The minimum absolute atomic E-state index is 0. The molecule has 0 saturated carbocycles. The second-order valence-corrected chi connectivity index (χ2v) is 11.6. The molecule has 0 amide bonds. The van der Waals surface area contributed by atoms with E-state index in [-0.39, 0.29) is 38.2 Å². The summed E-state index contributed by atoms with van der Waals surface area (Å²) in [4.78, 5) is 31.9. The van der Waals surface area contributed by atoms with Crippen molar-refractivity contribution in [2.75, 3.05) is 0 Å². The van der Waals surface area contributed by atoms with Crippen LogP contribution in [0.25, 0.3) is 0 Å². The SMILES string of the molecule is CCCCCC(C)(CC)C(=O)[O-].CCCCCCC(C)(C)C(=O)[O-].CCCCCCC(C)(C)C(=O)[O-].[Dy+3]. The van der Waals surface area contributed by atoms with Gasteiger partial charge >= 0.3 is 38.2 Å². The molecule has 0 aromatic rings. The zero-order chi connectivity index (χ0) is 28.8. The molecule has 0 aliphatic rings. The fraction of sp³-hybridized carbons (Fsp3) is 0.900. The Balaban J connectivity index is -0.000000218. The standard InChI is InChI=1S/3C10H20O2.Dy/c2*1-4-5-6-7-8-10(2,3)9(11)12;1-4-6-7-8-10(3,5-2)9(11)12;/h3*4-8H2,1-3H3,(H,11,12);/q;;;+3/p-3. The van der Waals surface area contributed by atoms with Gasteiger partial charge in [0.15, 0.2) is 0 Å². The Bertz CT molecular complexity index is 555. The molecule has 1 unspecified atom stereocenters. The molecule has 0 saturated heterocycles. The first-order valence-corrected chi connectivity index (χ1v) is 14.2. The normalized spacial score (nSPS) is 12.6. The van der Waals surface area contributed by atoms with Gasteiger partial charge in [-0.25, -0.2) is 0 Å². The number of hydrogen-bond donors (Lipinski definition) is 0. The summed E-state index contributed by atoms with van der Waals surface area (Å²) in [6.07, 6.45) is 15.1. The van der Waals surface area contributed by atoms with E-state index in [1.807, 2.05) is 6.92 Å². The molecule has 223 valence electrons. The van der Waals surface area contributed by atoms with E-state index in [9.17, 15) is 29.7 Å². The predicted molar refractivity (Wildman–Crippen MR) is 143 cm³/mol. The van der Waals surface area contributed by atoms with E-state index < -0.39 is 34.2 Å². The molecular weight excluding hydrogens is 619 g/mol. The molecule has 0 spiro atoms. The Morgan fingerprint density at radius 1 is 0.486 bits per heavy atom. The first-order valence-electron chi connectivity index (χ1n) is 14.2. The molecule has 0 rings (SSSR count). The Hall–Kier alpha value is -0.317. The van der Waals surface area contributed by atoms with Crippen molar-refractivity contribution in [1.29, 1.82) is 0 Å². The first kappa shape index (κ1) is 43.7. The van der Waals surface area contributed by atoms with E-state index in [2.05, 4.69) is 20.8 Å². The second-order valence-electron chi connectivity index (χ2n) is 11.6. The zero-order valence-corrected chi connectivity index (χ0v) is 27.4. The maximum atomic E-state index is 10.7. The molecular formula is C30H57DyO6. The van der Waals surface area contributed by atoms with Gasteiger partial charge in [-0.05, 0) is 25.7 Å². The van der Waals surface area contributed by atoms with Crippen molar-refractivity contribution >= 4 is 17.9 Å². The van der Waals surface area contributed by atoms with E-state index in [0.717, 1.165) is 64.2 Å². The van der Waals surface area contributed by atoms with E-state index in [1.54, 1.807) is 34.6 Å². The topological polar surface area (TPSA) is 120 Å². The van der Waals surface area contributed by atoms with E-state index in [0.29, 0.717) is 6.42 Å². The molecule has 37 heavy (non-hydrogen) atoms. The number of carboxylic acids is 3. The monoisotopic (exact) mass is 677 g/mol. The van der Waals surface area contributed by atoms with Gasteiger partial charge in [-0.3, -0.25) is 0 Å². The molecule has 1 radical (unpaired) electrons. The molecule has 0 aliphatic heterocycles. The van der Waals surface area contributed by atoms with Gasteiger partial charge in [0.2, 0.25) is 0 Å². The van der Waals surface area contributed by atoms with Crippen LogP contribution in [-0.4, -0.2) is 17.9 Å². The fourth-order valence-electron chi connectivity index (χ4n) is 3.38. The van der Waals surface area contributed by atoms with Gasteiger partial charge in [0.1, 0.15) is 0 Å². The Morgan fingerprint density at radius 3 is 1.03 bits per heavy atom. The van der Waals surface area contributed by atoms with Crippen LogP contribution in [0.15, 0.2) is 0 Å². The van der Waals surface area contributed by atoms with Gasteiger partial charge in [0, 0.05) is 34.2 Å². The Morgan fingerprint density at radius 2 is 0.784 bits per heavy atom. The van der Waals surface area contributed by atoms with E-state index in [4.69, 9.17) is 0 Å². The van der Waals surface area contributed by atoms with Crippen LogP contribution in [0.2, 0.25) is 0 Å². The summed E-state index contributed by atoms with van der Waals surface area (Å²) in [5.74, 6) is -2.76. The molecule has 0 heterocycles. The predicted octanol–water partition coefficient (Wildman–Crippen LogP) is 5.20. The van der Waals surface area contributed by atoms with Gasteiger partial charge in [-0.1, -0.05) is 133 Å². The molecule has 0 aromatic carbocycles. The molecule has 0 bridgehead atoms. The maximum absolute atomic E-state index is 10.7. The van der Waals surface area contributed by atoms with Crippen molar-refractivity contribution in [3.63, 3.8) is 0 Å². The smallest absolute Gasteiger partial charge is 0.550 e. The van der Waals surface area contributed by atoms with E-state index >= 15 is 0 Å². The van der Waals surface area contributed by atoms with Gasteiger partial charge in [-0.15, -0.1) is 0 Å². The Kier molecular flexibility index (Phi) is 29.2. The Labute approximate surface area is 259 Å². The summed E-state index contributed by atoms with van der Waals surface area (Å²) < 4.78 is 0. The molecule has 0 N–H and O–H groups in total. The van der Waals surface area contributed by atoms with Crippen LogP contribution in [0.3, 0.4) is 0 Å². The summed E-state index contributed by atoms with van der Waals surface area (Å²) in [7, 11) is 0. The van der Waals surface area contributed by atoms with Crippen LogP contribution in [0.4, 0.5) is 0 Å². The van der Waals surface area contributed by atoms with Gasteiger partial charge in [0.05, 0.1) is 0 Å². The van der Waals surface area contributed by atoms with Gasteiger partial charge in [-0.2, -0.15) is 0 Å². The van der Waals surface area contributed by atoms with Crippen LogP contribution in [-0.2, 0) is 14.4 Å². The number of hydrogen-bond acceptors (Lipinski definition) is 6. The van der Waals surface area contributed by atoms with Crippen molar-refractivity contribution in [2.45, 2.75) is 159 Å². The summed E-state index contributed by atoms with van der Waals surface area (Å²) in [5, 5.41) is 31.9. The number of unbranched alkanes of at least 4 members (excludes halogenated alkanes) is 8. The van der Waals surface area contributed by atoms with Crippen LogP contribution in [0.5, 0.6) is 0 Å². The molecule has 0 aliphatic carbocycles. The number of carboxylic acid groups (broad SMARTS) is 3. The zero-order valence-electron chi connectivity index (χ0n) is 25.4. The molecule has 0 aromatic heterocycles. The molecule has 6 nitrogen and oxygen atoms in total. The van der Waals surface area contributed by atoms with Crippen molar-refractivity contribution in [3.05, 3.63) is 0 Å². The van der Waals surface area contributed by atoms with Crippen molar-refractivity contribution in [2.24, 2.45) is 16.2 Å². The van der Waals surface area contributed by atoms with Crippen LogP contribution < -0.4 is 15.3 Å². The number of aliphatic carboxylic acids is 3. The molecule has 1 atom stereocenters. The fourth-order valence-corrected chi connectivity index (χ4v) is 3.38. The van der Waals surface area contributed by atoms with Crippen molar-refractivity contribution < 1.29 is 67.9 Å². The summed E-state index contributed by atoms with van der Waals surface area (Å²) in [6.45, 7) is 17.0. The third-order valence-corrected chi connectivity index (χ3v) is 7.02. The van der Waals surface area contributed by atoms with Crippen molar-refractivity contribution in [1.82, 2.24) is 0 Å². The van der Waals surface area contributed by atoms with Gasteiger partial charge in [0.25, 0.3) is 0 Å².